The Balaban J connectivity index is 3.29. The first-order valence-electron chi connectivity index (χ1n) is 4.20. The van der Waals surface area contributed by atoms with Crippen molar-refractivity contribution in [3.63, 3.8) is 0 Å². The number of carboxylic acid groups (broad SMARTS) is 1. The molecule has 0 bridgehead atoms. The summed E-state index contributed by atoms with van der Waals surface area (Å²) in [6.45, 7) is 0. The molecule has 0 saturated heterocycles. The van der Waals surface area contributed by atoms with Gasteiger partial charge in [-0.25, -0.2) is 18.4 Å². The number of esters is 1. The third kappa shape index (κ3) is 2.53. The average Bonchev–Trinajstić information content (AvgIpc) is 2.27. The smallest absolute Gasteiger partial charge is 0.337 e. The van der Waals surface area contributed by atoms with Crippen LogP contribution in [0.25, 0.3) is 0 Å². The molecule has 86 valence electrons. The van der Waals surface area contributed by atoms with Crippen molar-refractivity contribution in [2.45, 2.75) is 6.43 Å². The largest absolute Gasteiger partial charge is 0.478 e. The van der Waals surface area contributed by atoms with E-state index in [1.165, 1.54) is 0 Å². The highest BCUT2D eigenvalue weighted by Gasteiger charge is 2.16. The van der Waals surface area contributed by atoms with E-state index in [2.05, 4.69) is 4.74 Å². The molecule has 0 fully saturated rings. The number of carbonyl (C=O) groups excluding carboxylic acids is 1. The highest BCUT2D eigenvalue weighted by Crippen LogP contribution is 2.22. The predicted octanol–water partition coefficient (Wildman–Crippen LogP) is 2.11. The third-order valence-electron chi connectivity index (χ3n) is 1.88. The number of benzene rings is 1. The van der Waals surface area contributed by atoms with Crippen molar-refractivity contribution < 1.29 is 28.2 Å². The fourth-order valence-corrected chi connectivity index (χ4v) is 1.14. The molecule has 0 aromatic heterocycles. The van der Waals surface area contributed by atoms with E-state index in [1.807, 2.05) is 0 Å². The van der Waals surface area contributed by atoms with Crippen LogP contribution >= 0.6 is 0 Å². The zero-order valence-electron chi connectivity index (χ0n) is 8.24. The number of carbonyl (C=O) groups is 2. The number of alkyl halides is 2. The Morgan fingerprint density at radius 3 is 2.25 bits per heavy atom. The number of carboxylic acids is 1. The molecule has 4 nitrogen and oxygen atoms in total. The second-order valence-corrected chi connectivity index (χ2v) is 2.94. The Hall–Kier alpha value is -1.98. The lowest BCUT2D eigenvalue weighted by Crippen LogP contribution is -2.06. The number of methoxy groups -OCH3 is 1. The van der Waals surface area contributed by atoms with E-state index >= 15 is 0 Å². The molecule has 0 aliphatic heterocycles. The molecule has 1 aromatic rings. The molecule has 0 radical (unpaired) electrons. The number of hydrogen-bond donors (Lipinski definition) is 1. The van der Waals surface area contributed by atoms with Gasteiger partial charge in [0.15, 0.2) is 0 Å². The van der Waals surface area contributed by atoms with Crippen LogP contribution in [0.1, 0.15) is 32.7 Å². The molecular formula is C10H8F2O4. The maximum atomic E-state index is 12.4. The molecule has 16 heavy (non-hydrogen) atoms. The van der Waals surface area contributed by atoms with Crippen LogP contribution in [0.15, 0.2) is 18.2 Å². The zero-order chi connectivity index (χ0) is 12.3. The van der Waals surface area contributed by atoms with Crippen LogP contribution in [-0.2, 0) is 4.74 Å². The molecule has 1 rings (SSSR count). The fourth-order valence-electron chi connectivity index (χ4n) is 1.14. The molecule has 0 spiro atoms. The molecule has 0 heterocycles. The standard InChI is InChI=1S/C10H8F2O4/c1-16-10(15)7-3-5(8(11)12)2-6(4-7)9(13)14/h2-4,8H,1H3,(H,13,14). The minimum atomic E-state index is -2.84. The lowest BCUT2D eigenvalue weighted by atomic mass is 10.1. The first-order valence-corrected chi connectivity index (χ1v) is 4.20. The zero-order valence-corrected chi connectivity index (χ0v) is 8.24. The van der Waals surface area contributed by atoms with Crippen LogP contribution in [0.4, 0.5) is 8.78 Å². The summed E-state index contributed by atoms with van der Waals surface area (Å²) in [7, 11) is 1.08. The molecule has 1 aromatic carbocycles. The van der Waals surface area contributed by atoms with Crippen LogP contribution in [0.5, 0.6) is 0 Å². The Kier molecular flexibility index (Phi) is 3.55. The monoisotopic (exact) mass is 230 g/mol. The summed E-state index contributed by atoms with van der Waals surface area (Å²) in [5.41, 5.74) is -1.11. The van der Waals surface area contributed by atoms with Crippen molar-refractivity contribution in [2.24, 2.45) is 0 Å². The highest BCUT2D eigenvalue weighted by atomic mass is 19.3. The maximum Gasteiger partial charge on any atom is 0.337 e. The highest BCUT2D eigenvalue weighted by molar-refractivity contribution is 5.94. The molecule has 0 aliphatic carbocycles. The van der Waals surface area contributed by atoms with E-state index in [9.17, 15) is 18.4 Å². The normalized spacial score (nSPS) is 10.2. The quantitative estimate of drug-likeness (QED) is 0.807. The number of halogens is 2. The van der Waals surface area contributed by atoms with Crippen LogP contribution in [0.2, 0.25) is 0 Å². The van der Waals surface area contributed by atoms with Gasteiger partial charge in [-0.05, 0) is 18.2 Å². The molecule has 1 N–H and O–H groups in total. The van der Waals surface area contributed by atoms with Crippen molar-refractivity contribution in [1.29, 1.82) is 0 Å². The van der Waals surface area contributed by atoms with Gasteiger partial charge >= 0.3 is 11.9 Å². The molecule has 0 aliphatic rings. The third-order valence-corrected chi connectivity index (χ3v) is 1.88. The molecule has 0 unspecified atom stereocenters. The Morgan fingerprint density at radius 2 is 1.81 bits per heavy atom. The molecule has 0 amide bonds. The van der Waals surface area contributed by atoms with E-state index in [0.29, 0.717) is 0 Å². The Labute approximate surface area is 89.5 Å². The van der Waals surface area contributed by atoms with Crippen LogP contribution in [-0.4, -0.2) is 24.2 Å². The first-order chi connectivity index (χ1) is 7.45. The fraction of sp³-hybridized carbons (Fsp3) is 0.200. The van der Waals surface area contributed by atoms with Gasteiger partial charge in [-0.3, -0.25) is 0 Å². The molecule has 0 saturated carbocycles. The predicted molar refractivity (Wildman–Crippen MR) is 49.7 cm³/mol. The number of rotatable bonds is 3. The van der Waals surface area contributed by atoms with Crippen molar-refractivity contribution >= 4 is 11.9 Å². The summed E-state index contributed by atoms with van der Waals surface area (Å²) in [5.74, 6) is -2.24. The SMILES string of the molecule is COC(=O)c1cc(C(=O)O)cc(C(F)F)c1. The van der Waals surface area contributed by atoms with Crippen molar-refractivity contribution in [2.75, 3.05) is 7.11 Å². The van der Waals surface area contributed by atoms with Gasteiger partial charge in [-0.2, -0.15) is 0 Å². The second kappa shape index (κ2) is 4.69. The maximum absolute atomic E-state index is 12.4. The lowest BCUT2D eigenvalue weighted by molar-refractivity contribution is 0.0600. The van der Waals surface area contributed by atoms with Gasteiger partial charge in [0, 0.05) is 5.56 Å². The van der Waals surface area contributed by atoms with Crippen LogP contribution in [0.3, 0.4) is 0 Å². The average molecular weight is 230 g/mol. The van der Waals surface area contributed by atoms with Gasteiger partial charge in [0.2, 0.25) is 0 Å². The van der Waals surface area contributed by atoms with Crippen molar-refractivity contribution in [3.05, 3.63) is 34.9 Å². The molecular weight excluding hydrogens is 222 g/mol. The van der Waals surface area contributed by atoms with Crippen molar-refractivity contribution in [1.82, 2.24) is 0 Å². The van der Waals surface area contributed by atoms with Crippen molar-refractivity contribution in [3.8, 4) is 0 Å². The van der Waals surface area contributed by atoms with E-state index < -0.39 is 23.9 Å². The molecule has 0 atom stereocenters. The number of aromatic carboxylic acids is 1. The Morgan fingerprint density at radius 1 is 1.25 bits per heavy atom. The summed E-state index contributed by atoms with van der Waals surface area (Å²) >= 11 is 0. The first kappa shape index (κ1) is 12.1. The number of ether oxygens (including phenoxy) is 1. The lowest BCUT2D eigenvalue weighted by Gasteiger charge is -2.05. The van der Waals surface area contributed by atoms with E-state index in [4.69, 9.17) is 5.11 Å². The molecule has 6 heteroatoms. The summed E-state index contributed by atoms with van der Waals surface area (Å²) < 4.78 is 29.2. The summed E-state index contributed by atoms with van der Waals surface area (Å²) in [5, 5.41) is 8.67. The summed E-state index contributed by atoms with van der Waals surface area (Å²) in [6, 6.07) is 2.71. The second-order valence-electron chi connectivity index (χ2n) is 2.94. The summed E-state index contributed by atoms with van der Waals surface area (Å²) in [4.78, 5) is 21.7. The van der Waals surface area contributed by atoms with Gasteiger partial charge in [0.1, 0.15) is 0 Å². The van der Waals surface area contributed by atoms with Gasteiger partial charge in [0.25, 0.3) is 6.43 Å². The minimum absolute atomic E-state index is 0.210. The topological polar surface area (TPSA) is 63.6 Å². The van der Waals surface area contributed by atoms with Gasteiger partial charge in [0.05, 0.1) is 18.2 Å². The number of hydrogen-bond acceptors (Lipinski definition) is 3. The van der Waals surface area contributed by atoms with E-state index in [1.54, 1.807) is 0 Å². The van der Waals surface area contributed by atoms with Gasteiger partial charge in [-0.1, -0.05) is 0 Å². The van der Waals surface area contributed by atoms with E-state index in [-0.39, 0.29) is 11.1 Å². The van der Waals surface area contributed by atoms with Gasteiger partial charge in [-0.15, -0.1) is 0 Å². The van der Waals surface area contributed by atoms with Crippen LogP contribution < -0.4 is 0 Å². The summed E-state index contributed by atoms with van der Waals surface area (Å²) in [6.07, 6.45) is -2.84. The van der Waals surface area contributed by atoms with Gasteiger partial charge < -0.3 is 9.84 Å². The minimum Gasteiger partial charge on any atom is -0.478 e. The van der Waals surface area contributed by atoms with E-state index in [0.717, 1.165) is 25.3 Å². The van der Waals surface area contributed by atoms with Crippen LogP contribution in [0, 0.1) is 0 Å². The Bertz CT molecular complexity index is 429.